The number of hydrogen-bond acceptors (Lipinski definition) is 2. The largest absolute Gasteiger partial charge is 0.481 e. The zero-order valence-corrected chi connectivity index (χ0v) is 9.08. The van der Waals surface area contributed by atoms with Crippen LogP contribution in [0.4, 0.5) is 8.78 Å². The first kappa shape index (κ1) is 13.3. The Bertz CT molecular complexity index is 410. The molecule has 0 radical (unpaired) electrons. The van der Waals surface area contributed by atoms with Crippen LogP contribution in [-0.2, 0) is 4.79 Å². The molecule has 0 aliphatic carbocycles. The molecule has 92 valence electrons. The second-order valence-electron chi connectivity index (χ2n) is 3.68. The summed E-state index contributed by atoms with van der Waals surface area (Å²) >= 11 is 0. The van der Waals surface area contributed by atoms with Crippen molar-refractivity contribution in [2.75, 3.05) is 0 Å². The summed E-state index contributed by atoms with van der Waals surface area (Å²) in [5.74, 6) is -2.89. The fourth-order valence-corrected chi connectivity index (χ4v) is 1.42. The molecule has 1 rings (SSSR count). The van der Waals surface area contributed by atoms with E-state index in [-0.39, 0.29) is 24.2 Å². The van der Waals surface area contributed by atoms with Crippen LogP contribution in [0.15, 0.2) is 18.2 Å². The van der Waals surface area contributed by atoms with E-state index >= 15 is 0 Å². The third-order valence-corrected chi connectivity index (χ3v) is 2.23. The van der Waals surface area contributed by atoms with Gasteiger partial charge in [0.25, 0.3) is 0 Å². The Balaban J connectivity index is 2.49. The first-order chi connectivity index (χ1) is 7.99. The van der Waals surface area contributed by atoms with Gasteiger partial charge >= 0.3 is 5.97 Å². The van der Waals surface area contributed by atoms with Gasteiger partial charge in [-0.15, -0.1) is 0 Å². The van der Waals surface area contributed by atoms with Crippen LogP contribution in [-0.4, -0.2) is 16.9 Å². The number of hydrogen-bond donors (Lipinski definition) is 1. The predicted molar refractivity (Wildman–Crippen MR) is 56.8 cm³/mol. The summed E-state index contributed by atoms with van der Waals surface area (Å²) in [6.45, 7) is 0. The maximum Gasteiger partial charge on any atom is 0.303 e. The molecule has 1 aromatic rings. The summed E-state index contributed by atoms with van der Waals surface area (Å²) in [5, 5.41) is 8.38. The number of halogens is 2. The van der Waals surface area contributed by atoms with Gasteiger partial charge in [0.1, 0.15) is 11.6 Å². The number of Topliss-reactive ketones (excluding diaryl/α,β-unsaturated/α-hetero) is 1. The standard InChI is InChI=1S/C12H12F2O3/c13-9-5-8(6-10(14)7-9)11(15)3-1-2-4-12(16)17/h5-7H,1-4H2,(H,16,17). The molecule has 0 unspecified atom stereocenters. The van der Waals surface area contributed by atoms with Gasteiger partial charge in [-0.05, 0) is 25.0 Å². The van der Waals surface area contributed by atoms with Crippen molar-refractivity contribution >= 4 is 11.8 Å². The van der Waals surface area contributed by atoms with Crippen molar-refractivity contribution in [2.24, 2.45) is 0 Å². The smallest absolute Gasteiger partial charge is 0.303 e. The van der Waals surface area contributed by atoms with Crippen LogP contribution in [0.3, 0.4) is 0 Å². The van der Waals surface area contributed by atoms with Crippen molar-refractivity contribution in [3.05, 3.63) is 35.4 Å². The Kier molecular flexibility index (Phi) is 4.75. The molecule has 0 aromatic heterocycles. The van der Waals surface area contributed by atoms with Crippen molar-refractivity contribution in [3.8, 4) is 0 Å². The maximum atomic E-state index is 12.8. The molecule has 0 heterocycles. The lowest BCUT2D eigenvalue weighted by atomic mass is 10.0. The third-order valence-electron chi connectivity index (χ3n) is 2.23. The molecule has 1 aromatic carbocycles. The van der Waals surface area contributed by atoms with E-state index < -0.39 is 17.6 Å². The Morgan fingerprint density at radius 1 is 1.00 bits per heavy atom. The van der Waals surface area contributed by atoms with Crippen LogP contribution < -0.4 is 0 Å². The summed E-state index contributed by atoms with van der Waals surface area (Å²) in [7, 11) is 0. The van der Waals surface area contributed by atoms with Crippen molar-refractivity contribution in [1.82, 2.24) is 0 Å². The number of unbranched alkanes of at least 4 members (excludes halogenated alkanes) is 1. The summed E-state index contributed by atoms with van der Waals surface area (Å²) in [5.41, 5.74) is -0.0159. The molecule has 0 aliphatic rings. The Hall–Kier alpha value is -1.78. The van der Waals surface area contributed by atoms with Gasteiger partial charge in [0.05, 0.1) is 0 Å². The van der Waals surface area contributed by atoms with Crippen LogP contribution in [0, 0.1) is 11.6 Å². The minimum atomic E-state index is -0.922. The van der Waals surface area contributed by atoms with Gasteiger partial charge in [-0.25, -0.2) is 8.78 Å². The van der Waals surface area contributed by atoms with E-state index in [1.165, 1.54) is 0 Å². The number of benzene rings is 1. The fourth-order valence-electron chi connectivity index (χ4n) is 1.42. The Morgan fingerprint density at radius 2 is 1.53 bits per heavy atom. The van der Waals surface area contributed by atoms with E-state index in [2.05, 4.69) is 0 Å². The zero-order valence-electron chi connectivity index (χ0n) is 9.08. The number of rotatable bonds is 6. The van der Waals surface area contributed by atoms with Crippen LogP contribution in [0.25, 0.3) is 0 Å². The summed E-state index contributed by atoms with van der Waals surface area (Å²) in [6.07, 6.45) is 0.850. The molecule has 0 saturated carbocycles. The molecule has 0 aliphatic heterocycles. The predicted octanol–water partition coefficient (Wildman–Crippen LogP) is 2.79. The van der Waals surface area contributed by atoms with Gasteiger partial charge in [-0.3, -0.25) is 9.59 Å². The molecular weight excluding hydrogens is 230 g/mol. The van der Waals surface area contributed by atoms with Crippen molar-refractivity contribution in [3.63, 3.8) is 0 Å². The van der Waals surface area contributed by atoms with Crippen LogP contribution in [0.5, 0.6) is 0 Å². The lowest BCUT2D eigenvalue weighted by molar-refractivity contribution is -0.137. The first-order valence-electron chi connectivity index (χ1n) is 5.20. The minimum absolute atomic E-state index is 0.00914. The SMILES string of the molecule is O=C(O)CCCCC(=O)c1cc(F)cc(F)c1. The lowest BCUT2D eigenvalue weighted by Crippen LogP contribution is -2.01. The fraction of sp³-hybridized carbons (Fsp3) is 0.333. The van der Waals surface area contributed by atoms with E-state index in [0.717, 1.165) is 12.1 Å². The molecule has 0 amide bonds. The van der Waals surface area contributed by atoms with Gasteiger partial charge in [0, 0.05) is 24.5 Å². The number of carbonyl (C=O) groups is 2. The number of carboxylic acid groups (broad SMARTS) is 1. The monoisotopic (exact) mass is 242 g/mol. The normalized spacial score (nSPS) is 10.2. The molecule has 0 spiro atoms. The van der Waals surface area contributed by atoms with Gasteiger partial charge in [-0.1, -0.05) is 0 Å². The molecule has 17 heavy (non-hydrogen) atoms. The molecule has 0 saturated heterocycles. The van der Waals surface area contributed by atoms with Gasteiger partial charge in [0.15, 0.2) is 5.78 Å². The topological polar surface area (TPSA) is 54.4 Å². The molecule has 0 fully saturated rings. The second-order valence-corrected chi connectivity index (χ2v) is 3.68. The average molecular weight is 242 g/mol. The van der Waals surface area contributed by atoms with Crippen LogP contribution >= 0.6 is 0 Å². The highest BCUT2D eigenvalue weighted by atomic mass is 19.1. The number of ketones is 1. The van der Waals surface area contributed by atoms with Gasteiger partial charge in [0.2, 0.25) is 0 Å². The minimum Gasteiger partial charge on any atom is -0.481 e. The van der Waals surface area contributed by atoms with Crippen molar-refractivity contribution in [2.45, 2.75) is 25.7 Å². The van der Waals surface area contributed by atoms with E-state index in [9.17, 15) is 18.4 Å². The quantitative estimate of drug-likeness (QED) is 0.616. The van der Waals surface area contributed by atoms with Crippen LogP contribution in [0.1, 0.15) is 36.0 Å². The zero-order chi connectivity index (χ0) is 12.8. The van der Waals surface area contributed by atoms with E-state index in [0.29, 0.717) is 18.9 Å². The summed E-state index contributed by atoms with van der Waals surface area (Å²) in [6, 6.07) is 2.65. The summed E-state index contributed by atoms with van der Waals surface area (Å²) < 4.78 is 25.6. The van der Waals surface area contributed by atoms with Crippen molar-refractivity contribution in [1.29, 1.82) is 0 Å². The average Bonchev–Trinajstić information content (AvgIpc) is 2.22. The number of carboxylic acids is 1. The van der Waals surface area contributed by atoms with E-state index in [4.69, 9.17) is 5.11 Å². The Morgan fingerprint density at radius 3 is 2.06 bits per heavy atom. The Labute approximate surface area is 97.1 Å². The number of carbonyl (C=O) groups excluding carboxylic acids is 1. The van der Waals surface area contributed by atoms with Crippen LogP contribution in [0.2, 0.25) is 0 Å². The third kappa shape index (κ3) is 4.72. The molecule has 1 N–H and O–H groups in total. The highest BCUT2D eigenvalue weighted by Gasteiger charge is 2.09. The second kappa shape index (κ2) is 6.08. The first-order valence-corrected chi connectivity index (χ1v) is 5.20. The summed E-state index contributed by atoms with van der Waals surface area (Å²) in [4.78, 5) is 21.7. The highest BCUT2D eigenvalue weighted by Crippen LogP contribution is 2.12. The van der Waals surface area contributed by atoms with Crippen molar-refractivity contribution < 1.29 is 23.5 Å². The number of aliphatic carboxylic acids is 1. The molecule has 3 nitrogen and oxygen atoms in total. The van der Waals surface area contributed by atoms with Gasteiger partial charge in [-0.2, -0.15) is 0 Å². The van der Waals surface area contributed by atoms with E-state index in [1.807, 2.05) is 0 Å². The highest BCUT2D eigenvalue weighted by molar-refractivity contribution is 5.96. The maximum absolute atomic E-state index is 12.8. The molecule has 0 atom stereocenters. The molecular formula is C12H12F2O3. The van der Waals surface area contributed by atoms with E-state index in [1.54, 1.807) is 0 Å². The molecule has 5 heteroatoms. The van der Waals surface area contributed by atoms with Gasteiger partial charge < -0.3 is 5.11 Å². The molecule has 0 bridgehead atoms. The lowest BCUT2D eigenvalue weighted by Gasteiger charge is -2.01.